The molecule has 0 amide bonds. The number of aryl methyl sites for hydroxylation is 1. The summed E-state index contributed by atoms with van der Waals surface area (Å²) in [5.41, 5.74) is 2.66. The number of fused-ring (bicyclic) bond motifs is 1. The van der Waals surface area contributed by atoms with E-state index in [0.29, 0.717) is 5.65 Å². The molecule has 3 rings (SSSR count). The van der Waals surface area contributed by atoms with E-state index in [1.807, 2.05) is 49.4 Å². The van der Waals surface area contributed by atoms with Gasteiger partial charge in [-0.05, 0) is 31.2 Å². The summed E-state index contributed by atoms with van der Waals surface area (Å²) in [6, 6.07) is 13.9. The molecule has 0 saturated heterocycles. The van der Waals surface area contributed by atoms with Gasteiger partial charge in [-0.15, -0.1) is 0 Å². The highest BCUT2D eigenvalue weighted by molar-refractivity contribution is 5.88. The molecular formula is C14H12N4. The van der Waals surface area contributed by atoms with Gasteiger partial charge in [0.2, 0.25) is 0 Å². The quantitative estimate of drug-likeness (QED) is 0.742. The van der Waals surface area contributed by atoms with Crippen molar-refractivity contribution in [2.45, 2.75) is 6.92 Å². The minimum Gasteiger partial charge on any atom is -0.340 e. The summed E-state index contributed by atoms with van der Waals surface area (Å²) < 4.78 is 0. The van der Waals surface area contributed by atoms with Crippen molar-refractivity contribution in [2.24, 2.45) is 0 Å². The summed E-state index contributed by atoms with van der Waals surface area (Å²) in [4.78, 5) is 12.8. The Kier molecular flexibility index (Phi) is 2.61. The minimum atomic E-state index is 0.712. The van der Waals surface area contributed by atoms with Gasteiger partial charge >= 0.3 is 0 Å². The summed E-state index contributed by atoms with van der Waals surface area (Å²) in [7, 11) is 0. The molecule has 2 aromatic heterocycles. The van der Waals surface area contributed by atoms with Crippen LogP contribution in [0.25, 0.3) is 11.0 Å². The van der Waals surface area contributed by atoms with E-state index in [1.54, 1.807) is 0 Å². The molecule has 0 aliphatic heterocycles. The molecule has 4 heteroatoms. The molecule has 18 heavy (non-hydrogen) atoms. The average Bonchev–Trinajstić information content (AvgIpc) is 2.40. The summed E-state index contributed by atoms with van der Waals surface area (Å²) in [5, 5.41) is 4.20. The van der Waals surface area contributed by atoms with Crippen LogP contribution < -0.4 is 5.32 Å². The number of nitrogens with one attached hydrogen (secondary N) is 1. The second-order valence-electron chi connectivity index (χ2n) is 4.04. The van der Waals surface area contributed by atoms with Gasteiger partial charge in [0.05, 0.1) is 5.39 Å². The number of hydrogen-bond acceptors (Lipinski definition) is 4. The normalized spacial score (nSPS) is 10.5. The molecule has 3 aromatic rings. The Morgan fingerprint density at radius 2 is 1.78 bits per heavy atom. The van der Waals surface area contributed by atoms with Crippen LogP contribution in [0.2, 0.25) is 0 Å². The van der Waals surface area contributed by atoms with Gasteiger partial charge in [-0.25, -0.2) is 15.0 Å². The molecule has 4 nitrogen and oxygen atoms in total. The maximum Gasteiger partial charge on any atom is 0.164 e. The van der Waals surface area contributed by atoms with Crippen molar-refractivity contribution in [1.82, 2.24) is 15.0 Å². The fourth-order valence-corrected chi connectivity index (χ4v) is 1.79. The molecule has 0 radical (unpaired) electrons. The zero-order chi connectivity index (χ0) is 12.4. The molecule has 2 heterocycles. The lowest BCUT2D eigenvalue weighted by Crippen LogP contribution is -1.97. The van der Waals surface area contributed by atoms with Gasteiger partial charge in [-0.1, -0.05) is 18.2 Å². The Bertz CT molecular complexity index is 680. The maximum absolute atomic E-state index is 4.39. The number of rotatable bonds is 2. The average molecular weight is 236 g/mol. The molecule has 0 fully saturated rings. The lowest BCUT2D eigenvalue weighted by atomic mass is 10.2. The summed E-state index contributed by atoms with van der Waals surface area (Å²) >= 11 is 0. The standard InChI is InChI=1S/C14H12N4/c1-10-7-8-12-13(17-10)15-9-16-14(12)18-11-5-3-2-4-6-11/h2-9H,1H3,(H,15,16,17,18). The number of benzene rings is 1. The molecule has 0 bridgehead atoms. The first-order chi connectivity index (χ1) is 8.83. The van der Waals surface area contributed by atoms with Gasteiger partial charge in [-0.3, -0.25) is 0 Å². The highest BCUT2D eigenvalue weighted by atomic mass is 15.0. The highest BCUT2D eigenvalue weighted by Crippen LogP contribution is 2.21. The first kappa shape index (κ1) is 10.7. The first-order valence-electron chi connectivity index (χ1n) is 5.73. The molecule has 0 unspecified atom stereocenters. The largest absolute Gasteiger partial charge is 0.340 e. The van der Waals surface area contributed by atoms with Gasteiger partial charge in [0.25, 0.3) is 0 Å². The second-order valence-corrected chi connectivity index (χ2v) is 4.04. The van der Waals surface area contributed by atoms with Crippen molar-refractivity contribution < 1.29 is 0 Å². The Hall–Kier alpha value is -2.49. The molecule has 0 aliphatic carbocycles. The molecule has 0 atom stereocenters. The molecule has 1 aromatic carbocycles. The van der Waals surface area contributed by atoms with E-state index >= 15 is 0 Å². The van der Waals surface area contributed by atoms with E-state index < -0.39 is 0 Å². The number of pyridine rings is 1. The number of anilines is 2. The van der Waals surface area contributed by atoms with Gasteiger partial charge in [0.15, 0.2) is 5.65 Å². The van der Waals surface area contributed by atoms with Gasteiger partial charge in [-0.2, -0.15) is 0 Å². The summed E-state index contributed by atoms with van der Waals surface area (Å²) in [6.45, 7) is 1.95. The molecule has 0 aliphatic rings. The Morgan fingerprint density at radius 1 is 0.944 bits per heavy atom. The van der Waals surface area contributed by atoms with Crippen LogP contribution in [-0.2, 0) is 0 Å². The zero-order valence-electron chi connectivity index (χ0n) is 9.96. The molecule has 0 spiro atoms. The van der Waals surface area contributed by atoms with Crippen molar-refractivity contribution in [3.63, 3.8) is 0 Å². The minimum absolute atomic E-state index is 0.712. The summed E-state index contributed by atoms with van der Waals surface area (Å²) in [5.74, 6) is 0.777. The third-order valence-electron chi connectivity index (χ3n) is 2.67. The van der Waals surface area contributed by atoms with Crippen LogP contribution >= 0.6 is 0 Å². The predicted octanol–water partition coefficient (Wildman–Crippen LogP) is 3.08. The van der Waals surface area contributed by atoms with Gasteiger partial charge < -0.3 is 5.32 Å². The van der Waals surface area contributed by atoms with Crippen molar-refractivity contribution in [1.29, 1.82) is 0 Å². The van der Waals surface area contributed by atoms with Crippen LogP contribution in [0.1, 0.15) is 5.69 Å². The number of hydrogen-bond donors (Lipinski definition) is 1. The predicted molar refractivity (Wildman–Crippen MR) is 71.8 cm³/mol. The number of nitrogens with zero attached hydrogens (tertiary/aromatic N) is 3. The Balaban J connectivity index is 2.07. The van der Waals surface area contributed by atoms with Crippen molar-refractivity contribution in [3.8, 4) is 0 Å². The van der Waals surface area contributed by atoms with E-state index in [4.69, 9.17) is 0 Å². The third-order valence-corrected chi connectivity index (χ3v) is 2.67. The smallest absolute Gasteiger partial charge is 0.164 e. The van der Waals surface area contributed by atoms with E-state index in [1.165, 1.54) is 6.33 Å². The lowest BCUT2D eigenvalue weighted by molar-refractivity contribution is 1.15. The van der Waals surface area contributed by atoms with E-state index in [2.05, 4.69) is 20.3 Å². The van der Waals surface area contributed by atoms with Crippen LogP contribution in [0.3, 0.4) is 0 Å². The number of aromatic nitrogens is 3. The Morgan fingerprint density at radius 3 is 2.61 bits per heavy atom. The lowest BCUT2D eigenvalue weighted by Gasteiger charge is -2.07. The molecule has 0 saturated carbocycles. The van der Waals surface area contributed by atoms with Crippen LogP contribution in [0, 0.1) is 6.92 Å². The fourth-order valence-electron chi connectivity index (χ4n) is 1.79. The molecular weight excluding hydrogens is 224 g/mol. The van der Waals surface area contributed by atoms with Crippen LogP contribution in [-0.4, -0.2) is 15.0 Å². The van der Waals surface area contributed by atoms with Crippen molar-refractivity contribution in [2.75, 3.05) is 5.32 Å². The van der Waals surface area contributed by atoms with Gasteiger partial charge in [0, 0.05) is 11.4 Å². The second kappa shape index (κ2) is 4.41. The molecule has 88 valence electrons. The number of para-hydroxylation sites is 1. The third kappa shape index (κ3) is 2.00. The maximum atomic E-state index is 4.39. The molecule has 1 N–H and O–H groups in total. The van der Waals surface area contributed by atoms with Crippen LogP contribution in [0.15, 0.2) is 48.8 Å². The zero-order valence-corrected chi connectivity index (χ0v) is 9.96. The Labute approximate surface area is 105 Å². The topological polar surface area (TPSA) is 50.7 Å². The SMILES string of the molecule is Cc1ccc2c(Nc3ccccc3)ncnc2n1. The van der Waals surface area contributed by atoms with E-state index in [9.17, 15) is 0 Å². The summed E-state index contributed by atoms with van der Waals surface area (Å²) in [6.07, 6.45) is 1.53. The van der Waals surface area contributed by atoms with Crippen molar-refractivity contribution in [3.05, 3.63) is 54.5 Å². The van der Waals surface area contributed by atoms with Gasteiger partial charge in [0.1, 0.15) is 12.1 Å². The first-order valence-corrected chi connectivity index (χ1v) is 5.73. The monoisotopic (exact) mass is 236 g/mol. The van der Waals surface area contributed by atoms with Crippen molar-refractivity contribution >= 4 is 22.5 Å². The van der Waals surface area contributed by atoms with Crippen LogP contribution in [0.4, 0.5) is 11.5 Å². The van der Waals surface area contributed by atoms with E-state index in [-0.39, 0.29) is 0 Å². The van der Waals surface area contributed by atoms with E-state index in [0.717, 1.165) is 22.6 Å². The fraction of sp³-hybridized carbons (Fsp3) is 0.0714. The van der Waals surface area contributed by atoms with Crippen LogP contribution in [0.5, 0.6) is 0 Å². The highest BCUT2D eigenvalue weighted by Gasteiger charge is 2.04.